The largest absolute Gasteiger partial charge is 0.381 e. The van der Waals surface area contributed by atoms with E-state index in [0.717, 1.165) is 42.5 Å². The Morgan fingerprint density at radius 2 is 2.19 bits per heavy atom. The summed E-state index contributed by atoms with van der Waals surface area (Å²) >= 11 is 1.65. The fraction of sp³-hybridized carbons (Fsp3) is 0.650. The highest BCUT2D eigenvalue weighted by Gasteiger charge is 2.20. The minimum Gasteiger partial charge on any atom is -0.381 e. The van der Waals surface area contributed by atoms with Crippen LogP contribution < -0.4 is 10.9 Å². The first-order valence-electron chi connectivity index (χ1n) is 9.90. The van der Waals surface area contributed by atoms with Gasteiger partial charge in [-0.05, 0) is 43.6 Å². The number of rotatable bonds is 9. The normalized spacial score (nSPS) is 13.9. The van der Waals surface area contributed by atoms with Gasteiger partial charge in [-0.3, -0.25) is 14.2 Å². The van der Waals surface area contributed by atoms with Gasteiger partial charge in [-0.25, -0.2) is 4.98 Å². The fourth-order valence-electron chi connectivity index (χ4n) is 3.37. The molecule has 0 aromatic carbocycles. The topological polar surface area (TPSA) is 73.2 Å². The zero-order valence-electron chi connectivity index (χ0n) is 16.3. The maximum absolute atomic E-state index is 12.8. The lowest BCUT2D eigenvalue weighted by Gasteiger charge is -2.10. The Morgan fingerprint density at radius 3 is 3.00 bits per heavy atom. The van der Waals surface area contributed by atoms with E-state index in [1.165, 1.54) is 16.9 Å². The molecule has 0 spiro atoms. The average molecular weight is 392 g/mol. The monoisotopic (exact) mass is 391 g/mol. The van der Waals surface area contributed by atoms with Gasteiger partial charge in [-0.1, -0.05) is 13.8 Å². The highest BCUT2D eigenvalue weighted by atomic mass is 32.1. The van der Waals surface area contributed by atoms with E-state index in [1.807, 2.05) is 0 Å². The second-order valence-electron chi connectivity index (χ2n) is 7.56. The summed E-state index contributed by atoms with van der Waals surface area (Å²) in [5.41, 5.74) is 1.19. The van der Waals surface area contributed by atoms with Crippen LogP contribution in [0.25, 0.3) is 10.2 Å². The standard InChI is InChI=1S/C20H29N3O3S/c1-14(2)12-26-11-5-9-21-17(24)8-10-23-13-22-19-18(20(23)25)15-6-3-4-7-16(15)27-19/h13-14H,3-12H2,1-2H3,(H,21,24). The molecule has 2 aromatic heterocycles. The number of amides is 1. The van der Waals surface area contributed by atoms with Crippen molar-refractivity contribution < 1.29 is 9.53 Å². The molecule has 6 nitrogen and oxygen atoms in total. The van der Waals surface area contributed by atoms with E-state index in [4.69, 9.17) is 4.74 Å². The number of fused-ring (bicyclic) bond motifs is 3. The first-order chi connectivity index (χ1) is 13.1. The molecule has 0 saturated carbocycles. The van der Waals surface area contributed by atoms with E-state index < -0.39 is 0 Å². The third-order valence-corrected chi connectivity index (χ3v) is 5.96. The van der Waals surface area contributed by atoms with E-state index in [-0.39, 0.29) is 17.9 Å². The molecular formula is C20H29N3O3S. The van der Waals surface area contributed by atoms with Crippen LogP contribution in [0.15, 0.2) is 11.1 Å². The maximum atomic E-state index is 12.8. The zero-order chi connectivity index (χ0) is 19.2. The molecule has 7 heteroatoms. The van der Waals surface area contributed by atoms with E-state index in [9.17, 15) is 9.59 Å². The molecular weight excluding hydrogens is 362 g/mol. The van der Waals surface area contributed by atoms with Crippen molar-refractivity contribution in [3.63, 3.8) is 0 Å². The Hall–Kier alpha value is -1.73. The Balaban J connectivity index is 1.51. The molecule has 1 aliphatic carbocycles. The summed E-state index contributed by atoms with van der Waals surface area (Å²) in [6.07, 6.45) is 7.01. The number of ether oxygens (including phenoxy) is 1. The van der Waals surface area contributed by atoms with Crippen LogP contribution in [0.5, 0.6) is 0 Å². The van der Waals surface area contributed by atoms with Gasteiger partial charge in [0.1, 0.15) is 4.83 Å². The number of nitrogens with one attached hydrogen (secondary N) is 1. The zero-order valence-corrected chi connectivity index (χ0v) is 17.1. The summed E-state index contributed by atoms with van der Waals surface area (Å²) in [5.74, 6) is 0.482. The van der Waals surface area contributed by atoms with Crippen LogP contribution in [-0.4, -0.2) is 35.2 Å². The van der Waals surface area contributed by atoms with Gasteiger partial charge in [0, 0.05) is 37.6 Å². The molecule has 0 unspecified atom stereocenters. The van der Waals surface area contributed by atoms with Crippen molar-refractivity contribution in [3.05, 3.63) is 27.1 Å². The summed E-state index contributed by atoms with van der Waals surface area (Å²) in [6, 6.07) is 0. The van der Waals surface area contributed by atoms with Gasteiger partial charge in [0.2, 0.25) is 5.91 Å². The number of hydrogen-bond donors (Lipinski definition) is 1. The Labute approximate surface area is 163 Å². The summed E-state index contributed by atoms with van der Waals surface area (Å²) in [7, 11) is 0. The molecule has 2 aromatic rings. The van der Waals surface area contributed by atoms with Crippen molar-refractivity contribution in [2.24, 2.45) is 5.92 Å². The molecule has 0 aliphatic heterocycles. The number of nitrogens with zero attached hydrogens (tertiary/aromatic N) is 2. The number of carbonyl (C=O) groups is 1. The Bertz CT molecular complexity index is 841. The molecule has 0 saturated heterocycles. The average Bonchev–Trinajstić information content (AvgIpc) is 3.03. The van der Waals surface area contributed by atoms with Crippen LogP contribution in [0.1, 0.15) is 50.0 Å². The van der Waals surface area contributed by atoms with E-state index in [1.54, 1.807) is 22.2 Å². The number of aryl methyl sites for hydroxylation is 3. The lowest BCUT2D eigenvalue weighted by Crippen LogP contribution is -2.28. The predicted molar refractivity (Wildman–Crippen MR) is 108 cm³/mol. The quantitative estimate of drug-likeness (QED) is 0.667. The molecule has 0 atom stereocenters. The second kappa shape index (κ2) is 9.46. The van der Waals surface area contributed by atoms with Crippen molar-refractivity contribution in [1.82, 2.24) is 14.9 Å². The van der Waals surface area contributed by atoms with Crippen LogP contribution in [0.3, 0.4) is 0 Å². The van der Waals surface area contributed by atoms with Gasteiger partial charge in [0.25, 0.3) is 5.56 Å². The van der Waals surface area contributed by atoms with Crippen molar-refractivity contribution in [2.75, 3.05) is 19.8 Å². The summed E-state index contributed by atoms with van der Waals surface area (Å²) < 4.78 is 7.08. The van der Waals surface area contributed by atoms with Crippen molar-refractivity contribution in [3.8, 4) is 0 Å². The predicted octanol–water partition coefficient (Wildman–Crippen LogP) is 2.91. The molecule has 0 radical (unpaired) electrons. The van der Waals surface area contributed by atoms with Crippen LogP contribution in [0.2, 0.25) is 0 Å². The molecule has 1 amide bonds. The van der Waals surface area contributed by atoms with Gasteiger partial charge in [0.05, 0.1) is 11.7 Å². The number of aromatic nitrogens is 2. The molecule has 0 bridgehead atoms. The number of thiophene rings is 1. The molecule has 1 aliphatic rings. The van der Waals surface area contributed by atoms with Gasteiger partial charge in [-0.15, -0.1) is 11.3 Å². The van der Waals surface area contributed by atoms with Gasteiger partial charge >= 0.3 is 0 Å². The SMILES string of the molecule is CC(C)COCCCNC(=O)CCn1cnc2sc3c(c2c1=O)CCCC3. The van der Waals surface area contributed by atoms with Gasteiger partial charge in [0.15, 0.2) is 0 Å². The molecule has 148 valence electrons. The molecule has 1 N–H and O–H groups in total. The van der Waals surface area contributed by atoms with Crippen LogP contribution in [0.4, 0.5) is 0 Å². The van der Waals surface area contributed by atoms with E-state index in [0.29, 0.717) is 25.6 Å². The lowest BCUT2D eigenvalue weighted by molar-refractivity contribution is -0.121. The minimum atomic E-state index is -0.0433. The lowest BCUT2D eigenvalue weighted by atomic mass is 9.97. The van der Waals surface area contributed by atoms with Crippen LogP contribution in [0, 0.1) is 5.92 Å². The van der Waals surface area contributed by atoms with Gasteiger partial charge in [-0.2, -0.15) is 0 Å². The number of carbonyl (C=O) groups excluding carboxylic acids is 1. The van der Waals surface area contributed by atoms with Crippen LogP contribution in [-0.2, 0) is 28.9 Å². The Kier molecular flexibility index (Phi) is 7.01. The Morgan fingerprint density at radius 1 is 1.37 bits per heavy atom. The van der Waals surface area contributed by atoms with Crippen LogP contribution >= 0.6 is 11.3 Å². The van der Waals surface area contributed by atoms with E-state index in [2.05, 4.69) is 24.1 Å². The highest BCUT2D eigenvalue weighted by Crippen LogP contribution is 2.33. The van der Waals surface area contributed by atoms with E-state index >= 15 is 0 Å². The number of hydrogen-bond acceptors (Lipinski definition) is 5. The highest BCUT2D eigenvalue weighted by molar-refractivity contribution is 7.18. The maximum Gasteiger partial charge on any atom is 0.262 e. The smallest absolute Gasteiger partial charge is 0.262 e. The van der Waals surface area contributed by atoms with Crippen molar-refractivity contribution in [1.29, 1.82) is 0 Å². The summed E-state index contributed by atoms with van der Waals surface area (Å²) in [4.78, 5) is 31.5. The third kappa shape index (κ3) is 5.17. The third-order valence-electron chi connectivity index (χ3n) is 4.76. The molecule has 2 heterocycles. The minimum absolute atomic E-state index is 0.00529. The van der Waals surface area contributed by atoms with Crippen molar-refractivity contribution in [2.45, 2.75) is 58.9 Å². The first kappa shape index (κ1) is 20.0. The summed E-state index contributed by atoms with van der Waals surface area (Å²) in [6.45, 7) is 6.59. The summed E-state index contributed by atoms with van der Waals surface area (Å²) in [5, 5.41) is 3.67. The molecule has 27 heavy (non-hydrogen) atoms. The van der Waals surface area contributed by atoms with Crippen molar-refractivity contribution >= 4 is 27.5 Å². The fourth-order valence-corrected chi connectivity index (χ4v) is 4.59. The second-order valence-corrected chi connectivity index (χ2v) is 8.64. The molecule has 3 rings (SSSR count). The molecule has 0 fully saturated rings. The van der Waals surface area contributed by atoms with Gasteiger partial charge < -0.3 is 10.1 Å². The first-order valence-corrected chi connectivity index (χ1v) is 10.7.